The minimum atomic E-state index is 0.125. The number of halogens is 2. The SMILES string of the molecule is CNC(Cc1cc(Cl)ccc1OC)c1ccoc1Br. The molecule has 1 aromatic heterocycles. The molecule has 0 amide bonds. The number of benzene rings is 1. The van der Waals surface area contributed by atoms with E-state index in [2.05, 4.69) is 21.2 Å². The number of likely N-dealkylation sites (N-methyl/N-ethyl adjacent to an activating group) is 1. The molecule has 1 aromatic carbocycles. The Morgan fingerprint density at radius 1 is 1.42 bits per heavy atom. The molecule has 0 saturated carbocycles. The molecule has 0 aliphatic heterocycles. The number of ether oxygens (including phenoxy) is 1. The zero-order valence-corrected chi connectivity index (χ0v) is 13.1. The van der Waals surface area contributed by atoms with Crippen LogP contribution in [0, 0.1) is 0 Å². The summed E-state index contributed by atoms with van der Waals surface area (Å²) in [7, 11) is 3.58. The van der Waals surface area contributed by atoms with E-state index in [1.165, 1.54) is 0 Å². The standard InChI is InChI=1S/C14H15BrClNO2/c1-17-12(11-5-6-19-14(11)15)8-9-7-10(16)3-4-13(9)18-2/h3-7,12,17H,8H2,1-2H3. The van der Waals surface area contributed by atoms with Crippen LogP contribution in [0.4, 0.5) is 0 Å². The summed E-state index contributed by atoms with van der Waals surface area (Å²) < 4.78 is 11.4. The lowest BCUT2D eigenvalue weighted by atomic mass is 10.0. The van der Waals surface area contributed by atoms with Gasteiger partial charge in [0.1, 0.15) is 5.75 Å². The quantitative estimate of drug-likeness (QED) is 0.882. The molecule has 3 nitrogen and oxygen atoms in total. The second kappa shape index (κ2) is 6.46. The highest BCUT2D eigenvalue weighted by Crippen LogP contribution is 2.31. The van der Waals surface area contributed by atoms with E-state index in [4.69, 9.17) is 20.8 Å². The molecule has 0 aliphatic rings. The van der Waals surface area contributed by atoms with Crippen LogP contribution < -0.4 is 10.1 Å². The third-order valence-electron chi connectivity index (χ3n) is 3.04. The van der Waals surface area contributed by atoms with Crippen molar-refractivity contribution in [2.24, 2.45) is 0 Å². The molecule has 0 fully saturated rings. The van der Waals surface area contributed by atoms with Crippen LogP contribution in [0.1, 0.15) is 17.2 Å². The monoisotopic (exact) mass is 343 g/mol. The molecule has 2 rings (SSSR count). The lowest BCUT2D eigenvalue weighted by Crippen LogP contribution is -2.19. The van der Waals surface area contributed by atoms with Gasteiger partial charge in [0.15, 0.2) is 4.67 Å². The zero-order chi connectivity index (χ0) is 13.8. The van der Waals surface area contributed by atoms with Crippen molar-refractivity contribution >= 4 is 27.5 Å². The van der Waals surface area contributed by atoms with Crippen LogP contribution in [0.25, 0.3) is 0 Å². The number of hydrogen-bond donors (Lipinski definition) is 1. The van der Waals surface area contributed by atoms with Crippen LogP contribution in [0.5, 0.6) is 5.75 Å². The third kappa shape index (κ3) is 3.32. The van der Waals surface area contributed by atoms with Crippen molar-refractivity contribution in [3.05, 3.63) is 51.3 Å². The highest BCUT2D eigenvalue weighted by Gasteiger charge is 2.17. The number of hydrogen-bond acceptors (Lipinski definition) is 3. The molecule has 1 N–H and O–H groups in total. The first-order valence-electron chi connectivity index (χ1n) is 5.88. The summed E-state index contributed by atoms with van der Waals surface area (Å²) in [6, 6.07) is 7.71. The average molecular weight is 345 g/mol. The van der Waals surface area contributed by atoms with Gasteiger partial charge in [-0.05, 0) is 59.2 Å². The fourth-order valence-electron chi connectivity index (χ4n) is 2.05. The molecule has 19 heavy (non-hydrogen) atoms. The van der Waals surface area contributed by atoms with E-state index in [1.54, 1.807) is 13.4 Å². The summed E-state index contributed by atoms with van der Waals surface area (Å²) >= 11 is 9.46. The van der Waals surface area contributed by atoms with Crippen LogP contribution >= 0.6 is 27.5 Å². The van der Waals surface area contributed by atoms with E-state index in [0.717, 1.165) is 28.0 Å². The van der Waals surface area contributed by atoms with Gasteiger partial charge in [0, 0.05) is 16.6 Å². The Hall–Kier alpha value is -0.970. The van der Waals surface area contributed by atoms with Gasteiger partial charge in [-0.2, -0.15) is 0 Å². The van der Waals surface area contributed by atoms with Crippen LogP contribution in [-0.4, -0.2) is 14.2 Å². The smallest absolute Gasteiger partial charge is 0.173 e. The molecule has 102 valence electrons. The molecule has 1 atom stereocenters. The summed E-state index contributed by atoms with van der Waals surface area (Å²) in [5, 5.41) is 3.98. The molecule has 0 radical (unpaired) electrons. The lowest BCUT2D eigenvalue weighted by molar-refractivity contribution is 0.406. The van der Waals surface area contributed by atoms with Crippen molar-refractivity contribution in [3.8, 4) is 5.75 Å². The van der Waals surface area contributed by atoms with Gasteiger partial charge in [-0.25, -0.2) is 0 Å². The van der Waals surface area contributed by atoms with Gasteiger partial charge < -0.3 is 14.5 Å². The maximum atomic E-state index is 6.05. The number of methoxy groups -OCH3 is 1. The Labute approximate surface area is 126 Å². The normalized spacial score (nSPS) is 12.4. The van der Waals surface area contributed by atoms with E-state index in [9.17, 15) is 0 Å². The fourth-order valence-corrected chi connectivity index (χ4v) is 2.76. The van der Waals surface area contributed by atoms with E-state index in [-0.39, 0.29) is 6.04 Å². The molecule has 1 heterocycles. The first-order chi connectivity index (χ1) is 9.15. The summed E-state index contributed by atoms with van der Waals surface area (Å²) in [5.74, 6) is 0.837. The van der Waals surface area contributed by atoms with Crippen LogP contribution in [0.3, 0.4) is 0 Å². The molecule has 0 bridgehead atoms. The summed E-state index contributed by atoms with van der Waals surface area (Å²) in [4.78, 5) is 0. The maximum absolute atomic E-state index is 6.05. The van der Waals surface area contributed by atoms with Crippen molar-refractivity contribution in [2.45, 2.75) is 12.5 Å². The zero-order valence-electron chi connectivity index (χ0n) is 10.7. The van der Waals surface area contributed by atoms with E-state index < -0.39 is 0 Å². The van der Waals surface area contributed by atoms with Gasteiger partial charge >= 0.3 is 0 Å². The highest BCUT2D eigenvalue weighted by molar-refractivity contribution is 9.10. The van der Waals surface area contributed by atoms with E-state index >= 15 is 0 Å². The van der Waals surface area contributed by atoms with E-state index in [1.807, 2.05) is 31.3 Å². The van der Waals surface area contributed by atoms with Crippen molar-refractivity contribution in [2.75, 3.05) is 14.2 Å². The molecule has 1 unspecified atom stereocenters. The molecule has 0 spiro atoms. The Morgan fingerprint density at radius 3 is 2.79 bits per heavy atom. The van der Waals surface area contributed by atoms with Gasteiger partial charge in [-0.3, -0.25) is 0 Å². The largest absolute Gasteiger partial charge is 0.496 e. The average Bonchev–Trinajstić information content (AvgIpc) is 2.82. The van der Waals surface area contributed by atoms with Gasteiger partial charge in [-0.15, -0.1) is 0 Å². The minimum absolute atomic E-state index is 0.125. The van der Waals surface area contributed by atoms with Crippen molar-refractivity contribution < 1.29 is 9.15 Å². The fraction of sp³-hybridized carbons (Fsp3) is 0.286. The number of furan rings is 1. The second-order valence-electron chi connectivity index (χ2n) is 4.15. The predicted octanol–water partition coefficient (Wildman–Crippen LogP) is 4.21. The molecular formula is C14H15BrClNO2. The number of nitrogens with one attached hydrogen (secondary N) is 1. The van der Waals surface area contributed by atoms with Crippen molar-refractivity contribution in [1.82, 2.24) is 5.32 Å². The Kier molecular flexibility index (Phi) is 4.91. The van der Waals surface area contributed by atoms with E-state index in [0.29, 0.717) is 5.02 Å². The predicted molar refractivity (Wildman–Crippen MR) is 79.9 cm³/mol. The minimum Gasteiger partial charge on any atom is -0.496 e. The topological polar surface area (TPSA) is 34.4 Å². The number of rotatable bonds is 5. The summed E-state index contributed by atoms with van der Waals surface area (Å²) in [6.07, 6.45) is 2.43. The lowest BCUT2D eigenvalue weighted by Gasteiger charge is -2.17. The Morgan fingerprint density at radius 2 is 2.21 bits per heavy atom. The van der Waals surface area contributed by atoms with Gasteiger partial charge in [0.25, 0.3) is 0 Å². The van der Waals surface area contributed by atoms with Crippen molar-refractivity contribution in [3.63, 3.8) is 0 Å². The Bertz CT molecular complexity index is 556. The molecule has 0 saturated heterocycles. The molecule has 5 heteroatoms. The van der Waals surface area contributed by atoms with Gasteiger partial charge in [0.2, 0.25) is 0 Å². The first-order valence-corrected chi connectivity index (χ1v) is 7.05. The second-order valence-corrected chi connectivity index (χ2v) is 5.31. The van der Waals surface area contributed by atoms with Crippen LogP contribution in [-0.2, 0) is 6.42 Å². The third-order valence-corrected chi connectivity index (χ3v) is 3.92. The van der Waals surface area contributed by atoms with Gasteiger partial charge in [-0.1, -0.05) is 11.6 Å². The van der Waals surface area contributed by atoms with Gasteiger partial charge in [0.05, 0.1) is 13.4 Å². The van der Waals surface area contributed by atoms with Crippen LogP contribution in [0.2, 0.25) is 5.02 Å². The first kappa shape index (κ1) is 14.4. The highest BCUT2D eigenvalue weighted by atomic mass is 79.9. The molecule has 0 aliphatic carbocycles. The maximum Gasteiger partial charge on any atom is 0.173 e. The molecular weight excluding hydrogens is 330 g/mol. The molecule has 2 aromatic rings. The Balaban J connectivity index is 2.28. The summed E-state index contributed by atoms with van der Waals surface area (Å²) in [5.41, 5.74) is 2.13. The van der Waals surface area contributed by atoms with Crippen molar-refractivity contribution in [1.29, 1.82) is 0 Å². The van der Waals surface area contributed by atoms with Crippen LogP contribution in [0.15, 0.2) is 39.6 Å². The summed E-state index contributed by atoms with van der Waals surface area (Å²) in [6.45, 7) is 0.